The summed E-state index contributed by atoms with van der Waals surface area (Å²) in [5.74, 6) is 3.06. The van der Waals surface area contributed by atoms with Crippen molar-refractivity contribution in [3.05, 3.63) is 36.5 Å². The molecule has 9 heteroatoms. The fourth-order valence-corrected chi connectivity index (χ4v) is 3.04. The summed E-state index contributed by atoms with van der Waals surface area (Å²) < 4.78 is 6.73. The number of nitrogens with zero attached hydrogens (tertiary/aromatic N) is 7. The molecular weight excluding hydrogens is 308 g/mol. The maximum absolute atomic E-state index is 6.29. The molecular formula is C15H18N8O. The van der Waals surface area contributed by atoms with Gasteiger partial charge in [0.15, 0.2) is 17.5 Å². The average Bonchev–Trinajstić information content (AvgIpc) is 3.27. The summed E-state index contributed by atoms with van der Waals surface area (Å²) in [6.45, 7) is 3.47. The van der Waals surface area contributed by atoms with Crippen molar-refractivity contribution >= 4 is 11.5 Å². The molecule has 1 aliphatic rings. The summed E-state index contributed by atoms with van der Waals surface area (Å²) in [5.41, 5.74) is 6.82. The van der Waals surface area contributed by atoms with Crippen LogP contribution in [0.25, 0.3) is 5.82 Å². The topological polar surface area (TPSA) is 112 Å². The Bertz CT molecular complexity index is 820. The van der Waals surface area contributed by atoms with Crippen LogP contribution in [0.5, 0.6) is 0 Å². The van der Waals surface area contributed by atoms with E-state index < -0.39 is 0 Å². The van der Waals surface area contributed by atoms with Gasteiger partial charge in [-0.3, -0.25) is 0 Å². The van der Waals surface area contributed by atoms with Crippen molar-refractivity contribution < 1.29 is 4.52 Å². The molecule has 0 aromatic carbocycles. The standard InChI is InChI=1S/C15H18N8O/c1-10-20-13(21-24-10)11-3-7-22(8-4-11)14-12(16)15(18-9-17-14)23-6-2-5-19-23/h2,5-6,9,11H,3-4,7-8,16H2,1H3. The van der Waals surface area contributed by atoms with Crippen LogP contribution in [0.1, 0.15) is 30.5 Å². The Hall–Kier alpha value is -2.97. The number of aromatic nitrogens is 6. The van der Waals surface area contributed by atoms with E-state index in [0.717, 1.165) is 37.6 Å². The van der Waals surface area contributed by atoms with Gasteiger partial charge < -0.3 is 15.2 Å². The van der Waals surface area contributed by atoms with Gasteiger partial charge in [0.1, 0.15) is 12.0 Å². The predicted octanol–water partition coefficient (Wildman–Crippen LogP) is 1.32. The molecule has 1 aliphatic heterocycles. The van der Waals surface area contributed by atoms with Crippen LogP contribution < -0.4 is 10.6 Å². The number of nitrogen functional groups attached to an aromatic ring is 1. The zero-order valence-corrected chi connectivity index (χ0v) is 13.3. The van der Waals surface area contributed by atoms with Gasteiger partial charge in [0.05, 0.1) is 0 Å². The van der Waals surface area contributed by atoms with Gasteiger partial charge >= 0.3 is 0 Å². The highest BCUT2D eigenvalue weighted by molar-refractivity contribution is 5.70. The molecule has 9 nitrogen and oxygen atoms in total. The summed E-state index contributed by atoms with van der Waals surface area (Å²) in [4.78, 5) is 15.1. The molecule has 3 aromatic rings. The molecule has 3 aromatic heterocycles. The Morgan fingerprint density at radius 2 is 2.00 bits per heavy atom. The first-order valence-electron chi connectivity index (χ1n) is 7.88. The molecule has 0 amide bonds. The van der Waals surface area contributed by atoms with E-state index in [1.165, 1.54) is 6.33 Å². The van der Waals surface area contributed by atoms with Crippen LogP contribution in [-0.2, 0) is 0 Å². The summed E-state index contributed by atoms with van der Waals surface area (Å²) >= 11 is 0. The molecule has 4 heterocycles. The molecule has 1 saturated heterocycles. The molecule has 0 aliphatic carbocycles. The van der Waals surface area contributed by atoms with E-state index in [1.54, 1.807) is 10.9 Å². The number of anilines is 2. The number of piperidine rings is 1. The number of aryl methyl sites for hydroxylation is 1. The third kappa shape index (κ3) is 2.57. The van der Waals surface area contributed by atoms with E-state index in [2.05, 4.69) is 30.1 Å². The minimum Gasteiger partial charge on any atom is -0.393 e. The van der Waals surface area contributed by atoms with Gasteiger partial charge in [0.25, 0.3) is 0 Å². The predicted molar refractivity (Wildman–Crippen MR) is 86.8 cm³/mol. The van der Waals surface area contributed by atoms with Gasteiger partial charge in [-0.25, -0.2) is 14.6 Å². The Morgan fingerprint density at radius 3 is 2.67 bits per heavy atom. The van der Waals surface area contributed by atoms with Gasteiger partial charge in [-0.1, -0.05) is 5.16 Å². The van der Waals surface area contributed by atoms with Crippen LogP contribution in [0.4, 0.5) is 11.5 Å². The highest BCUT2D eigenvalue weighted by atomic mass is 16.5. The van der Waals surface area contributed by atoms with Crippen molar-refractivity contribution in [1.82, 2.24) is 29.9 Å². The van der Waals surface area contributed by atoms with Crippen molar-refractivity contribution in [3.63, 3.8) is 0 Å². The lowest BCUT2D eigenvalue weighted by molar-refractivity contribution is 0.375. The van der Waals surface area contributed by atoms with Crippen LogP contribution in [0, 0.1) is 6.92 Å². The van der Waals surface area contributed by atoms with Crippen molar-refractivity contribution in [2.45, 2.75) is 25.7 Å². The van der Waals surface area contributed by atoms with Gasteiger partial charge in [0.2, 0.25) is 5.89 Å². The van der Waals surface area contributed by atoms with Gasteiger partial charge in [-0.15, -0.1) is 0 Å². The first kappa shape index (κ1) is 14.6. The van der Waals surface area contributed by atoms with Crippen LogP contribution >= 0.6 is 0 Å². The highest BCUT2D eigenvalue weighted by Crippen LogP contribution is 2.31. The Balaban J connectivity index is 1.53. The highest BCUT2D eigenvalue weighted by Gasteiger charge is 2.26. The summed E-state index contributed by atoms with van der Waals surface area (Å²) in [6, 6.07) is 1.83. The number of rotatable bonds is 3. The molecule has 1 fully saturated rings. The molecule has 4 rings (SSSR count). The summed E-state index contributed by atoms with van der Waals surface area (Å²) in [7, 11) is 0. The normalized spacial score (nSPS) is 15.8. The van der Waals surface area contributed by atoms with E-state index in [1.807, 2.05) is 19.2 Å². The van der Waals surface area contributed by atoms with Crippen LogP contribution in [0.2, 0.25) is 0 Å². The van der Waals surface area contributed by atoms with Crippen molar-refractivity contribution in [1.29, 1.82) is 0 Å². The lowest BCUT2D eigenvalue weighted by atomic mass is 9.96. The Morgan fingerprint density at radius 1 is 1.21 bits per heavy atom. The number of hydrogen-bond donors (Lipinski definition) is 1. The largest absolute Gasteiger partial charge is 0.393 e. The Labute approximate surface area is 138 Å². The van der Waals surface area contributed by atoms with E-state index in [-0.39, 0.29) is 0 Å². The van der Waals surface area contributed by atoms with E-state index in [4.69, 9.17) is 10.3 Å². The lowest BCUT2D eigenvalue weighted by Crippen LogP contribution is -2.34. The van der Waals surface area contributed by atoms with Gasteiger partial charge in [-0.2, -0.15) is 10.1 Å². The minimum atomic E-state index is 0.312. The molecule has 0 saturated carbocycles. The average molecular weight is 326 g/mol. The minimum absolute atomic E-state index is 0.312. The molecule has 0 atom stereocenters. The molecule has 0 bridgehead atoms. The lowest BCUT2D eigenvalue weighted by Gasteiger charge is -2.32. The first-order valence-corrected chi connectivity index (χ1v) is 7.88. The van der Waals surface area contributed by atoms with Crippen molar-refractivity contribution in [3.8, 4) is 5.82 Å². The second-order valence-electron chi connectivity index (χ2n) is 5.82. The van der Waals surface area contributed by atoms with Crippen LogP contribution in [-0.4, -0.2) is 43.0 Å². The molecule has 124 valence electrons. The van der Waals surface area contributed by atoms with Crippen molar-refractivity contribution in [2.75, 3.05) is 23.7 Å². The summed E-state index contributed by atoms with van der Waals surface area (Å²) in [5, 5.41) is 8.22. The number of hydrogen-bond acceptors (Lipinski definition) is 8. The first-order chi connectivity index (χ1) is 11.7. The quantitative estimate of drug-likeness (QED) is 0.767. The maximum atomic E-state index is 6.29. The fraction of sp³-hybridized carbons (Fsp3) is 0.400. The maximum Gasteiger partial charge on any atom is 0.223 e. The monoisotopic (exact) mass is 326 g/mol. The van der Waals surface area contributed by atoms with Crippen molar-refractivity contribution in [2.24, 2.45) is 0 Å². The zero-order chi connectivity index (χ0) is 16.5. The third-order valence-electron chi connectivity index (χ3n) is 4.27. The SMILES string of the molecule is Cc1nc(C2CCN(c3ncnc(-n4cccn4)c3N)CC2)no1. The molecule has 2 N–H and O–H groups in total. The van der Waals surface area contributed by atoms with Crippen LogP contribution in [0.3, 0.4) is 0 Å². The molecule has 0 unspecified atom stereocenters. The van der Waals surface area contributed by atoms with E-state index in [9.17, 15) is 0 Å². The Kier molecular flexibility index (Phi) is 3.60. The van der Waals surface area contributed by atoms with E-state index in [0.29, 0.717) is 23.3 Å². The van der Waals surface area contributed by atoms with E-state index >= 15 is 0 Å². The summed E-state index contributed by atoms with van der Waals surface area (Å²) in [6.07, 6.45) is 6.89. The smallest absolute Gasteiger partial charge is 0.223 e. The second kappa shape index (κ2) is 5.91. The molecule has 0 spiro atoms. The van der Waals surface area contributed by atoms with Gasteiger partial charge in [-0.05, 0) is 18.9 Å². The third-order valence-corrected chi connectivity index (χ3v) is 4.27. The zero-order valence-electron chi connectivity index (χ0n) is 13.3. The van der Waals surface area contributed by atoms with Crippen LogP contribution in [0.15, 0.2) is 29.3 Å². The van der Waals surface area contributed by atoms with Gasteiger partial charge in [0, 0.05) is 38.3 Å². The molecule has 0 radical (unpaired) electrons. The molecule has 24 heavy (non-hydrogen) atoms. The fourth-order valence-electron chi connectivity index (χ4n) is 3.04. The second-order valence-corrected chi connectivity index (χ2v) is 5.82. The number of nitrogens with two attached hydrogens (primary N) is 1.